The number of nitrogens with zero attached hydrogens (tertiary/aromatic N) is 2. The number of hydrogen-bond donors (Lipinski definition) is 1. The van der Waals surface area contributed by atoms with Crippen LogP contribution in [0, 0.1) is 11.3 Å². The van der Waals surface area contributed by atoms with Crippen LogP contribution in [0.2, 0.25) is 5.02 Å². The highest BCUT2D eigenvalue weighted by Crippen LogP contribution is 2.18. The second-order valence-corrected chi connectivity index (χ2v) is 5.08. The number of hydrogen-bond acceptors (Lipinski definition) is 2. The van der Waals surface area contributed by atoms with Crippen LogP contribution in [0.4, 0.5) is 0 Å². The molecule has 0 saturated carbocycles. The highest BCUT2D eigenvalue weighted by molar-refractivity contribution is 6.32. The normalized spacial score (nSPS) is 11.9. The molecule has 0 aliphatic carbocycles. The molecule has 0 bridgehead atoms. The lowest BCUT2D eigenvalue weighted by Gasteiger charge is -1.95. The van der Waals surface area contributed by atoms with Gasteiger partial charge in [-0.05, 0) is 29.8 Å². The van der Waals surface area contributed by atoms with Gasteiger partial charge in [-0.1, -0.05) is 54.1 Å². The lowest BCUT2D eigenvalue weighted by atomic mass is 10.2. The van der Waals surface area contributed by atoms with Crippen molar-refractivity contribution in [2.24, 2.45) is 0 Å². The Hall–Kier alpha value is -2.83. The number of imidazole rings is 1. The van der Waals surface area contributed by atoms with Crippen LogP contribution in [-0.2, 0) is 0 Å². The lowest BCUT2D eigenvalue weighted by molar-refractivity contribution is 1.27. The predicted molar refractivity (Wildman–Crippen MR) is 90.2 cm³/mol. The highest BCUT2D eigenvalue weighted by Gasteiger charge is 2.06. The Balaban J connectivity index is 1.91. The topological polar surface area (TPSA) is 52.5 Å². The predicted octanol–water partition coefficient (Wildman–Crippen LogP) is 4.84. The third-order valence-corrected chi connectivity index (χ3v) is 3.55. The number of aromatic nitrogens is 2. The van der Waals surface area contributed by atoms with E-state index in [0.717, 1.165) is 16.6 Å². The molecule has 3 aromatic rings. The number of aromatic amines is 1. The average Bonchev–Trinajstić information content (AvgIpc) is 2.97. The number of nitrogens with one attached hydrogen (secondary N) is 1. The van der Waals surface area contributed by atoms with Crippen molar-refractivity contribution in [3.05, 3.63) is 77.1 Å². The van der Waals surface area contributed by atoms with Gasteiger partial charge in [-0.25, -0.2) is 4.98 Å². The molecule has 0 unspecified atom stereocenters. The summed E-state index contributed by atoms with van der Waals surface area (Å²) in [5.74, 6) is 0.563. The molecule has 0 aliphatic rings. The Labute approximate surface area is 133 Å². The van der Waals surface area contributed by atoms with Crippen LogP contribution < -0.4 is 0 Å². The molecular formula is C18H12ClN3. The van der Waals surface area contributed by atoms with Crippen LogP contribution in [0.3, 0.4) is 0 Å². The van der Waals surface area contributed by atoms with E-state index in [4.69, 9.17) is 11.6 Å². The van der Waals surface area contributed by atoms with E-state index < -0.39 is 0 Å². The molecule has 0 aliphatic heterocycles. The van der Waals surface area contributed by atoms with E-state index in [1.807, 2.05) is 54.6 Å². The summed E-state index contributed by atoms with van der Waals surface area (Å²) in [5.41, 5.74) is 3.13. The fraction of sp³-hybridized carbons (Fsp3) is 0. The summed E-state index contributed by atoms with van der Waals surface area (Å²) in [4.78, 5) is 7.57. The van der Waals surface area contributed by atoms with Crippen LogP contribution in [0.5, 0.6) is 0 Å². The summed E-state index contributed by atoms with van der Waals surface area (Å²) in [6.45, 7) is 0. The highest BCUT2D eigenvalue weighted by atomic mass is 35.5. The van der Waals surface area contributed by atoms with Crippen LogP contribution >= 0.6 is 11.6 Å². The quantitative estimate of drug-likeness (QED) is 0.556. The first-order chi connectivity index (χ1) is 10.8. The van der Waals surface area contributed by atoms with E-state index in [1.165, 1.54) is 0 Å². The molecule has 3 rings (SSSR count). The Morgan fingerprint density at radius 2 is 1.91 bits per heavy atom. The van der Waals surface area contributed by atoms with Crippen molar-refractivity contribution < 1.29 is 0 Å². The Kier molecular flexibility index (Phi) is 4.04. The molecule has 106 valence electrons. The molecule has 0 radical (unpaired) electrons. The largest absolute Gasteiger partial charge is 0.337 e. The van der Waals surface area contributed by atoms with Crippen molar-refractivity contribution in [2.75, 3.05) is 0 Å². The zero-order valence-electron chi connectivity index (χ0n) is 11.6. The van der Waals surface area contributed by atoms with E-state index in [1.54, 1.807) is 12.2 Å². The second-order valence-electron chi connectivity index (χ2n) is 4.68. The molecular weight excluding hydrogens is 294 g/mol. The van der Waals surface area contributed by atoms with E-state index in [-0.39, 0.29) is 0 Å². The smallest absolute Gasteiger partial charge is 0.149 e. The minimum Gasteiger partial charge on any atom is -0.337 e. The van der Waals surface area contributed by atoms with E-state index in [0.29, 0.717) is 16.4 Å². The maximum absolute atomic E-state index is 9.32. The molecule has 22 heavy (non-hydrogen) atoms. The van der Waals surface area contributed by atoms with E-state index in [2.05, 4.69) is 16.0 Å². The summed E-state index contributed by atoms with van der Waals surface area (Å²) in [7, 11) is 0. The number of benzene rings is 2. The van der Waals surface area contributed by atoms with Crippen LogP contribution in [-0.4, -0.2) is 9.97 Å². The van der Waals surface area contributed by atoms with E-state index >= 15 is 0 Å². The molecule has 3 nitrogen and oxygen atoms in total. The molecule has 1 N–H and O–H groups in total. The van der Waals surface area contributed by atoms with Gasteiger partial charge in [-0.3, -0.25) is 0 Å². The fourth-order valence-corrected chi connectivity index (χ4v) is 2.31. The zero-order chi connectivity index (χ0) is 15.4. The first-order valence-electron chi connectivity index (χ1n) is 6.76. The molecule has 0 saturated heterocycles. The SMILES string of the molecule is N#C/C(=C/C=C/c1ccccc1Cl)c1nc2ccccc2[nH]1. The number of para-hydroxylation sites is 2. The van der Waals surface area contributed by atoms with Crippen molar-refractivity contribution in [3.8, 4) is 6.07 Å². The Morgan fingerprint density at radius 3 is 2.68 bits per heavy atom. The minimum atomic E-state index is 0.472. The summed E-state index contributed by atoms with van der Waals surface area (Å²) in [5, 5.41) is 9.99. The standard InChI is InChI=1S/C18H12ClN3/c19-15-9-2-1-6-13(15)7-5-8-14(12-20)18-21-16-10-3-4-11-17(16)22-18/h1-11H,(H,21,22)/b7-5+,14-8-. The summed E-state index contributed by atoms with van der Waals surface area (Å²) < 4.78 is 0. The maximum Gasteiger partial charge on any atom is 0.149 e. The maximum atomic E-state index is 9.32. The van der Waals surface area contributed by atoms with Gasteiger partial charge in [0.15, 0.2) is 0 Å². The Morgan fingerprint density at radius 1 is 1.14 bits per heavy atom. The van der Waals surface area contributed by atoms with Crippen LogP contribution in [0.25, 0.3) is 22.7 Å². The molecule has 1 aromatic heterocycles. The summed E-state index contributed by atoms with van der Waals surface area (Å²) in [6.07, 6.45) is 5.39. The number of fused-ring (bicyclic) bond motifs is 1. The van der Waals surface area contributed by atoms with Gasteiger partial charge >= 0.3 is 0 Å². The fourth-order valence-electron chi connectivity index (χ4n) is 2.11. The van der Waals surface area contributed by atoms with E-state index in [9.17, 15) is 5.26 Å². The first kappa shape index (κ1) is 14.1. The third kappa shape index (κ3) is 2.93. The van der Waals surface area contributed by atoms with Crippen molar-refractivity contribution in [2.45, 2.75) is 0 Å². The summed E-state index contributed by atoms with van der Waals surface area (Å²) in [6, 6.07) is 17.4. The second kappa shape index (κ2) is 6.30. The van der Waals surface area contributed by atoms with Crippen LogP contribution in [0.15, 0.2) is 60.7 Å². The number of rotatable bonds is 3. The number of nitriles is 1. The van der Waals surface area contributed by atoms with Crippen LogP contribution in [0.1, 0.15) is 11.4 Å². The monoisotopic (exact) mass is 305 g/mol. The number of H-pyrrole nitrogens is 1. The van der Waals surface area contributed by atoms with Crippen molar-refractivity contribution in [1.29, 1.82) is 5.26 Å². The number of halogens is 1. The van der Waals surface area contributed by atoms with Gasteiger partial charge < -0.3 is 4.98 Å². The molecule has 4 heteroatoms. The lowest BCUT2D eigenvalue weighted by Crippen LogP contribution is -1.83. The molecule has 0 amide bonds. The molecule has 0 atom stereocenters. The first-order valence-corrected chi connectivity index (χ1v) is 7.14. The van der Waals surface area contributed by atoms with Gasteiger partial charge in [0.25, 0.3) is 0 Å². The molecule has 0 spiro atoms. The zero-order valence-corrected chi connectivity index (χ0v) is 12.4. The van der Waals surface area contributed by atoms with Crippen molar-refractivity contribution in [3.63, 3.8) is 0 Å². The third-order valence-electron chi connectivity index (χ3n) is 3.21. The van der Waals surface area contributed by atoms with Gasteiger partial charge in [0.2, 0.25) is 0 Å². The van der Waals surface area contributed by atoms with Gasteiger partial charge in [-0.15, -0.1) is 0 Å². The number of allylic oxidation sites excluding steroid dienone is 3. The van der Waals surface area contributed by atoms with Gasteiger partial charge in [0.1, 0.15) is 11.9 Å². The Bertz CT molecular complexity index is 880. The van der Waals surface area contributed by atoms with Gasteiger partial charge in [-0.2, -0.15) is 5.26 Å². The summed E-state index contributed by atoms with van der Waals surface area (Å²) >= 11 is 6.09. The van der Waals surface area contributed by atoms with Crippen molar-refractivity contribution >= 4 is 34.3 Å². The average molecular weight is 306 g/mol. The minimum absolute atomic E-state index is 0.472. The van der Waals surface area contributed by atoms with Gasteiger partial charge in [0.05, 0.1) is 16.6 Å². The molecule has 0 fully saturated rings. The molecule has 2 aromatic carbocycles. The van der Waals surface area contributed by atoms with Gasteiger partial charge in [0, 0.05) is 5.02 Å². The van der Waals surface area contributed by atoms with Crippen molar-refractivity contribution in [1.82, 2.24) is 9.97 Å². The molecule has 1 heterocycles.